The van der Waals surface area contributed by atoms with Crippen molar-refractivity contribution in [2.75, 3.05) is 32.1 Å². The average molecular weight is 625 g/mol. The van der Waals surface area contributed by atoms with Crippen molar-refractivity contribution in [2.45, 2.75) is 57.2 Å². The molecule has 9 nitrogen and oxygen atoms in total. The highest BCUT2D eigenvalue weighted by molar-refractivity contribution is 7.90. The number of nitrogens with one attached hydrogen (secondary N) is 1. The number of benzene rings is 3. The highest BCUT2D eigenvalue weighted by Crippen LogP contribution is 2.25. The van der Waals surface area contributed by atoms with Crippen LogP contribution in [0, 0.1) is 5.82 Å². The highest BCUT2D eigenvalue weighted by atomic mass is 32.2. The predicted molar refractivity (Wildman–Crippen MR) is 169 cm³/mol. The maximum atomic E-state index is 15.0. The third-order valence-corrected chi connectivity index (χ3v) is 9.66. The Labute approximate surface area is 259 Å². The Morgan fingerprint density at radius 1 is 0.932 bits per heavy atom. The highest BCUT2D eigenvalue weighted by Gasteiger charge is 2.36. The third-order valence-electron chi connectivity index (χ3n) is 7.85. The number of hydrogen-bond acceptors (Lipinski definition) is 5. The topological polar surface area (TPSA) is 99.3 Å². The van der Waals surface area contributed by atoms with Gasteiger partial charge in [0.05, 0.1) is 12.8 Å². The lowest BCUT2D eigenvalue weighted by Gasteiger charge is -2.35. The second-order valence-electron chi connectivity index (χ2n) is 11.2. The standard InChI is InChI=1S/C33H41FN4O5S/c1-36(2)44(41,42)38(30-20-11-10-19-29(30)34)24-32(39)37(23-26-15-12-18-28(21-26)43-3)31(22-25-13-6-4-7-14-25)33(40)35-27-16-8-5-9-17-27/h4,6-7,10-15,18-21,27,31H,5,8-9,16-17,22-24H2,1-3H3,(H,35,40)/t31-/m1/s1. The summed E-state index contributed by atoms with van der Waals surface area (Å²) in [6.45, 7) is -0.716. The van der Waals surface area contributed by atoms with Crippen LogP contribution in [-0.4, -0.2) is 69.3 Å². The van der Waals surface area contributed by atoms with Gasteiger partial charge in [0.15, 0.2) is 0 Å². The molecule has 4 rings (SSSR count). The smallest absolute Gasteiger partial charge is 0.304 e. The third kappa shape index (κ3) is 8.35. The van der Waals surface area contributed by atoms with Gasteiger partial charge in [-0.25, -0.2) is 8.70 Å². The lowest BCUT2D eigenvalue weighted by molar-refractivity contribution is -0.140. The number of carbonyl (C=O) groups excluding carboxylic acids is 2. The minimum atomic E-state index is -4.30. The van der Waals surface area contributed by atoms with Crippen LogP contribution in [0.25, 0.3) is 0 Å². The Morgan fingerprint density at radius 2 is 1.59 bits per heavy atom. The van der Waals surface area contributed by atoms with Crippen LogP contribution in [0.15, 0.2) is 78.9 Å². The predicted octanol–water partition coefficient (Wildman–Crippen LogP) is 4.54. The molecule has 3 aromatic rings. The summed E-state index contributed by atoms with van der Waals surface area (Å²) in [6, 6.07) is 20.9. The van der Waals surface area contributed by atoms with Crippen LogP contribution in [0.1, 0.15) is 43.2 Å². The summed E-state index contributed by atoms with van der Waals surface area (Å²) in [5.74, 6) is -1.18. The molecular formula is C33H41FN4O5S. The molecule has 1 aliphatic carbocycles. The number of para-hydroxylation sites is 1. The van der Waals surface area contributed by atoms with Crippen molar-refractivity contribution in [3.8, 4) is 5.75 Å². The first-order valence-electron chi connectivity index (χ1n) is 14.8. The molecule has 3 aromatic carbocycles. The minimum absolute atomic E-state index is 0.00125. The molecule has 0 unspecified atom stereocenters. The van der Waals surface area contributed by atoms with E-state index in [1.807, 2.05) is 36.4 Å². The average Bonchev–Trinajstić information content (AvgIpc) is 3.02. The van der Waals surface area contributed by atoms with Crippen LogP contribution in [0.5, 0.6) is 5.75 Å². The van der Waals surface area contributed by atoms with Crippen LogP contribution in [-0.2, 0) is 32.8 Å². The van der Waals surface area contributed by atoms with E-state index in [9.17, 15) is 18.0 Å². The van der Waals surface area contributed by atoms with Gasteiger partial charge in [-0.2, -0.15) is 12.7 Å². The molecule has 1 fully saturated rings. The van der Waals surface area contributed by atoms with E-state index >= 15 is 4.39 Å². The first kappa shape index (κ1) is 32.9. The van der Waals surface area contributed by atoms with Gasteiger partial charge in [0.25, 0.3) is 0 Å². The summed E-state index contributed by atoms with van der Waals surface area (Å²) in [7, 11) is -0.124. The number of anilines is 1. The molecule has 0 radical (unpaired) electrons. The number of hydrogen-bond donors (Lipinski definition) is 1. The summed E-state index contributed by atoms with van der Waals surface area (Å²) >= 11 is 0. The lowest BCUT2D eigenvalue weighted by Crippen LogP contribution is -2.55. The summed E-state index contributed by atoms with van der Waals surface area (Å²) in [5, 5.41) is 3.17. The first-order chi connectivity index (χ1) is 21.1. The van der Waals surface area contributed by atoms with E-state index in [1.54, 1.807) is 18.2 Å². The van der Waals surface area contributed by atoms with Crippen molar-refractivity contribution >= 4 is 27.7 Å². The molecule has 0 saturated heterocycles. The van der Waals surface area contributed by atoms with Gasteiger partial charge in [-0.05, 0) is 48.2 Å². The molecule has 11 heteroatoms. The van der Waals surface area contributed by atoms with Gasteiger partial charge < -0.3 is 15.0 Å². The Hall–Kier alpha value is -3.96. The molecule has 1 aliphatic rings. The summed E-state index contributed by atoms with van der Waals surface area (Å²) in [5.41, 5.74) is 1.27. The molecule has 1 saturated carbocycles. The lowest BCUT2D eigenvalue weighted by atomic mass is 9.94. The maximum absolute atomic E-state index is 15.0. The Bertz CT molecular complexity index is 1510. The molecule has 1 atom stereocenters. The van der Waals surface area contributed by atoms with Crippen molar-refractivity contribution in [3.05, 3.63) is 95.8 Å². The zero-order valence-corrected chi connectivity index (χ0v) is 26.3. The molecule has 236 valence electrons. The van der Waals surface area contributed by atoms with Crippen molar-refractivity contribution in [2.24, 2.45) is 0 Å². The Kier molecular flexibility index (Phi) is 11.4. The number of halogens is 1. The number of methoxy groups -OCH3 is 1. The molecular weight excluding hydrogens is 583 g/mol. The molecule has 2 amide bonds. The molecule has 1 N–H and O–H groups in total. The van der Waals surface area contributed by atoms with Crippen LogP contribution >= 0.6 is 0 Å². The van der Waals surface area contributed by atoms with Crippen LogP contribution in [0.3, 0.4) is 0 Å². The molecule has 0 heterocycles. The van der Waals surface area contributed by atoms with Crippen molar-refractivity contribution in [1.82, 2.24) is 14.5 Å². The minimum Gasteiger partial charge on any atom is -0.497 e. The Balaban J connectivity index is 1.77. The second kappa shape index (κ2) is 15.2. The quantitative estimate of drug-likeness (QED) is 0.301. The van der Waals surface area contributed by atoms with Gasteiger partial charge in [-0.1, -0.05) is 73.9 Å². The van der Waals surface area contributed by atoms with Gasteiger partial charge in [-0.3, -0.25) is 9.59 Å². The molecule has 0 spiro atoms. The van der Waals surface area contributed by atoms with E-state index < -0.39 is 34.5 Å². The number of nitrogens with zero attached hydrogens (tertiary/aromatic N) is 3. The summed E-state index contributed by atoms with van der Waals surface area (Å²) < 4.78 is 49.0. The molecule has 0 aromatic heterocycles. The largest absolute Gasteiger partial charge is 0.497 e. The zero-order chi connectivity index (χ0) is 31.7. The fourth-order valence-electron chi connectivity index (χ4n) is 5.42. The zero-order valence-electron chi connectivity index (χ0n) is 25.5. The van der Waals surface area contributed by atoms with Crippen molar-refractivity contribution < 1.29 is 27.1 Å². The van der Waals surface area contributed by atoms with E-state index in [1.165, 1.54) is 44.3 Å². The summed E-state index contributed by atoms with van der Waals surface area (Å²) in [4.78, 5) is 29.8. The number of ether oxygens (including phenoxy) is 1. The monoisotopic (exact) mass is 624 g/mol. The molecule has 44 heavy (non-hydrogen) atoms. The van der Waals surface area contributed by atoms with Gasteiger partial charge >= 0.3 is 10.2 Å². The normalized spacial score (nSPS) is 14.6. The summed E-state index contributed by atoms with van der Waals surface area (Å²) in [6.07, 6.45) is 5.06. The van der Waals surface area contributed by atoms with E-state index in [4.69, 9.17) is 4.74 Å². The fraction of sp³-hybridized carbons (Fsp3) is 0.394. The first-order valence-corrected chi connectivity index (χ1v) is 16.2. The molecule has 0 bridgehead atoms. The number of carbonyl (C=O) groups is 2. The van der Waals surface area contributed by atoms with Crippen LogP contribution in [0.2, 0.25) is 0 Å². The van der Waals surface area contributed by atoms with E-state index in [0.717, 1.165) is 52.3 Å². The number of rotatable bonds is 13. The van der Waals surface area contributed by atoms with E-state index in [-0.39, 0.29) is 30.6 Å². The van der Waals surface area contributed by atoms with Crippen LogP contribution < -0.4 is 14.4 Å². The SMILES string of the molecule is COc1cccc(CN(C(=O)CN(c2ccccc2F)S(=O)(=O)N(C)C)[C@H](Cc2ccccc2)C(=O)NC2CCCCC2)c1. The number of amides is 2. The maximum Gasteiger partial charge on any atom is 0.304 e. The van der Waals surface area contributed by atoms with Gasteiger partial charge in [0, 0.05) is 33.1 Å². The second-order valence-corrected chi connectivity index (χ2v) is 13.2. The van der Waals surface area contributed by atoms with Crippen molar-refractivity contribution in [1.29, 1.82) is 0 Å². The van der Waals surface area contributed by atoms with Crippen LogP contribution in [0.4, 0.5) is 10.1 Å². The molecule has 0 aliphatic heterocycles. The fourth-order valence-corrected chi connectivity index (χ4v) is 6.49. The van der Waals surface area contributed by atoms with Crippen molar-refractivity contribution in [3.63, 3.8) is 0 Å². The van der Waals surface area contributed by atoms with Gasteiger partial charge in [-0.15, -0.1) is 0 Å². The Morgan fingerprint density at radius 3 is 2.25 bits per heavy atom. The van der Waals surface area contributed by atoms with Gasteiger partial charge in [0.1, 0.15) is 24.2 Å². The van der Waals surface area contributed by atoms with Gasteiger partial charge in [0.2, 0.25) is 11.8 Å². The van der Waals surface area contributed by atoms with E-state index in [0.29, 0.717) is 11.3 Å². The van der Waals surface area contributed by atoms with E-state index in [2.05, 4.69) is 5.32 Å².